The molecule has 1 aliphatic rings. The van der Waals surface area contributed by atoms with E-state index in [1.54, 1.807) is 54.6 Å². The van der Waals surface area contributed by atoms with E-state index in [2.05, 4.69) is 6.58 Å². The van der Waals surface area contributed by atoms with Crippen molar-refractivity contribution in [2.75, 3.05) is 13.2 Å². The lowest BCUT2D eigenvalue weighted by Gasteiger charge is -2.44. The number of alkyl halides is 3. The molecule has 0 bridgehead atoms. The van der Waals surface area contributed by atoms with E-state index in [1.165, 1.54) is 42.5 Å². The first-order chi connectivity index (χ1) is 21.6. The molecule has 45 heavy (non-hydrogen) atoms. The van der Waals surface area contributed by atoms with E-state index in [0.717, 1.165) is 0 Å². The van der Waals surface area contributed by atoms with E-state index < -0.39 is 58.3 Å². The maximum atomic E-state index is 13.4. The highest BCUT2D eigenvalue weighted by atomic mass is 35.6. The van der Waals surface area contributed by atoms with E-state index in [1.807, 2.05) is 0 Å². The molecule has 0 radical (unpaired) electrons. The summed E-state index contributed by atoms with van der Waals surface area (Å²) >= 11 is 17.7. The molecule has 0 aromatic heterocycles. The van der Waals surface area contributed by atoms with E-state index in [0.29, 0.717) is 0 Å². The summed E-state index contributed by atoms with van der Waals surface area (Å²) in [6.45, 7) is 3.46. The minimum Gasteiger partial charge on any atom is -0.452 e. The van der Waals surface area contributed by atoms with Gasteiger partial charge >= 0.3 is 17.9 Å². The van der Waals surface area contributed by atoms with Gasteiger partial charge in [-0.15, -0.1) is 6.58 Å². The lowest BCUT2D eigenvalue weighted by Crippen LogP contribution is -2.63. The molecule has 0 spiro atoms. The third-order valence-electron chi connectivity index (χ3n) is 6.36. The van der Waals surface area contributed by atoms with Gasteiger partial charge in [0, 0.05) is 0 Å². The van der Waals surface area contributed by atoms with Gasteiger partial charge < -0.3 is 28.4 Å². The van der Waals surface area contributed by atoms with Crippen molar-refractivity contribution in [2.24, 2.45) is 0 Å². The molecule has 10 nitrogen and oxygen atoms in total. The molecule has 1 heterocycles. The van der Waals surface area contributed by atoms with Gasteiger partial charge in [-0.05, 0) is 36.4 Å². The second-order valence-electron chi connectivity index (χ2n) is 9.52. The zero-order chi connectivity index (χ0) is 32.4. The summed E-state index contributed by atoms with van der Waals surface area (Å²) in [5.41, 5.74) is 0.469. The van der Waals surface area contributed by atoms with Crippen LogP contribution in [0.2, 0.25) is 0 Å². The molecule has 1 aliphatic heterocycles. The van der Waals surface area contributed by atoms with Crippen LogP contribution in [0.15, 0.2) is 104 Å². The minimum atomic E-state index is -2.33. The summed E-state index contributed by atoms with van der Waals surface area (Å²) in [5.74, 6) is -3.38. The van der Waals surface area contributed by atoms with Crippen LogP contribution in [0.25, 0.3) is 0 Å². The molecular formula is C32H28Cl3NO9. The number of hydrogen-bond acceptors (Lipinski definition) is 10. The molecular weight excluding hydrogens is 649 g/mol. The standard InChI is InChI=1S/C32H28Cl3NO9/c1-2-18-40-19-23-24(42-27(37)20-12-6-3-7-13-20)25(43-28(38)21-14-8-4-9-15-21)26(30(41-23)45-31(36)32(33,34)35)44-29(39)22-16-10-5-11-17-22/h2-17,23-26,30,36H,1,18-19H2/t23-,24-,25+,26-,30-/m1/s1. The predicted octanol–water partition coefficient (Wildman–Crippen LogP) is 5.95. The van der Waals surface area contributed by atoms with Crippen LogP contribution < -0.4 is 0 Å². The Morgan fingerprint density at radius 3 is 1.56 bits per heavy atom. The van der Waals surface area contributed by atoms with E-state index >= 15 is 0 Å². The van der Waals surface area contributed by atoms with Gasteiger partial charge in [0.1, 0.15) is 6.10 Å². The molecule has 0 aliphatic carbocycles. The quantitative estimate of drug-likeness (QED) is 0.0498. The highest BCUT2D eigenvalue weighted by Gasteiger charge is 2.54. The van der Waals surface area contributed by atoms with Crippen molar-refractivity contribution in [3.8, 4) is 0 Å². The predicted molar refractivity (Wildman–Crippen MR) is 166 cm³/mol. The van der Waals surface area contributed by atoms with Crippen LogP contribution in [0.3, 0.4) is 0 Å². The number of ether oxygens (including phenoxy) is 6. The molecule has 3 aromatic carbocycles. The van der Waals surface area contributed by atoms with Gasteiger partial charge in [-0.1, -0.05) is 95.5 Å². The maximum absolute atomic E-state index is 13.4. The molecule has 1 saturated heterocycles. The van der Waals surface area contributed by atoms with Gasteiger partial charge in [0.15, 0.2) is 12.2 Å². The van der Waals surface area contributed by atoms with Crippen molar-refractivity contribution in [1.29, 1.82) is 5.41 Å². The third kappa shape index (κ3) is 9.29. The minimum absolute atomic E-state index is 0.0790. The Morgan fingerprint density at radius 1 is 0.711 bits per heavy atom. The van der Waals surface area contributed by atoms with Crippen molar-refractivity contribution in [3.63, 3.8) is 0 Å². The maximum Gasteiger partial charge on any atom is 0.338 e. The Labute approximate surface area is 274 Å². The smallest absolute Gasteiger partial charge is 0.338 e. The Bertz CT molecular complexity index is 1470. The summed E-state index contributed by atoms with van der Waals surface area (Å²) < 4.78 is 32.5. The molecule has 4 rings (SSSR count). The highest BCUT2D eigenvalue weighted by molar-refractivity contribution is 6.76. The first kappa shape index (κ1) is 34.0. The first-order valence-corrected chi connectivity index (χ1v) is 14.7. The molecule has 0 amide bonds. The molecule has 0 unspecified atom stereocenters. The average molecular weight is 677 g/mol. The summed E-state index contributed by atoms with van der Waals surface area (Å²) in [4.78, 5) is 40.1. The average Bonchev–Trinajstić information content (AvgIpc) is 3.04. The number of esters is 3. The van der Waals surface area contributed by atoms with Crippen molar-refractivity contribution in [3.05, 3.63) is 120 Å². The van der Waals surface area contributed by atoms with Gasteiger partial charge in [-0.2, -0.15) is 0 Å². The number of hydrogen-bond donors (Lipinski definition) is 1. The number of carbonyl (C=O) groups is 3. The van der Waals surface area contributed by atoms with Crippen LogP contribution in [-0.2, 0) is 28.4 Å². The summed E-state index contributed by atoms with van der Waals surface area (Å²) in [6, 6.07) is 24.0. The van der Waals surface area contributed by atoms with Crippen molar-refractivity contribution < 1.29 is 42.8 Å². The molecule has 236 valence electrons. The first-order valence-electron chi connectivity index (χ1n) is 13.5. The SMILES string of the molecule is C=CCOC[C@H]1O[C@H](OC(=N)C(Cl)(Cl)Cl)[C@H](OC(=O)c2ccccc2)[C@@H](OC(=O)c2ccccc2)[C@@H]1OC(=O)c1ccccc1. The van der Waals surface area contributed by atoms with Crippen LogP contribution in [0.5, 0.6) is 0 Å². The Kier molecular flexibility index (Phi) is 12.0. The van der Waals surface area contributed by atoms with Gasteiger partial charge in [-0.25, -0.2) is 14.4 Å². The molecule has 13 heteroatoms. The van der Waals surface area contributed by atoms with Gasteiger partial charge in [0.25, 0.3) is 3.79 Å². The fourth-order valence-corrected chi connectivity index (χ4v) is 4.39. The van der Waals surface area contributed by atoms with Crippen molar-refractivity contribution in [2.45, 2.75) is 34.5 Å². The fourth-order valence-electron chi connectivity index (χ4n) is 4.26. The molecule has 1 fully saturated rings. The number of rotatable bonds is 11. The largest absolute Gasteiger partial charge is 0.452 e. The molecule has 1 N–H and O–H groups in total. The summed E-state index contributed by atoms with van der Waals surface area (Å²) in [6.07, 6.45) is -6.06. The van der Waals surface area contributed by atoms with E-state index in [9.17, 15) is 14.4 Å². The topological polar surface area (TPSA) is 130 Å². The number of nitrogens with one attached hydrogen (secondary N) is 1. The number of benzene rings is 3. The van der Waals surface area contributed by atoms with Gasteiger partial charge in [0.05, 0.1) is 29.9 Å². The number of halogens is 3. The van der Waals surface area contributed by atoms with Crippen LogP contribution in [0.4, 0.5) is 0 Å². The highest BCUT2D eigenvalue weighted by Crippen LogP contribution is 2.34. The molecule has 0 saturated carbocycles. The summed E-state index contributed by atoms with van der Waals surface area (Å²) in [5, 5.41) is 8.19. The van der Waals surface area contributed by atoms with Crippen LogP contribution in [-0.4, -0.2) is 71.5 Å². The van der Waals surface area contributed by atoms with Crippen molar-refractivity contribution >= 4 is 58.6 Å². The second-order valence-corrected chi connectivity index (χ2v) is 11.8. The summed E-state index contributed by atoms with van der Waals surface area (Å²) in [7, 11) is 0. The van der Waals surface area contributed by atoms with Crippen LogP contribution in [0.1, 0.15) is 31.1 Å². The fraction of sp³-hybridized carbons (Fsp3) is 0.250. The third-order valence-corrected chi connectivity index (χ3v) is 6.87. The normalized spacial score (nSPS) is 21.2. The molecule has 3 aromatic rings. The zero-order valence-corrected chi connectivity index (χ0v) is 25.8. The van der Waals surface area contributed by atoms with Crippen LogP contribution >= 0.6 is 34.8 Å². The monoisotopic (exact) mass is 675 g/mol. The lowest BCUT2D eigenvalue weighted by atomic mass is 9.97. The Morgan fingerprint density at radius 2 is 1.13 bits per heavy atom. The van der Waals surface area contributed by atoms with Crippen LogP contribution in [0, 0.1) is 5.41 Å². The van der Waals surface area contributed by atoms with Gasteiger partial charge in [0.2, 0.25) is 18.3 Å². The van der Waals surface area contributed by atoms with E-state index in [-0.39, 0.29) is 29.9 Å². The Balaban J connectivity index is 1.79. The van der Waals surface area contributed by atoms with Crippen molar-refractivity contribution in [1.82, 2.24) is 0 Å². The Hall–Kier alpha value is -3.93. The number of carbonyl (C=O) groups excluding carboxylic acids is 3. The van der Waals surface area contributed by atoms with E-state index in [4.69, 9.17) is 68.6 Å². The zero-order valence-electron chi connectivity index (χ0n) is 23.6. The lowest BCUT2D eigenvalue weighted by molar-refractivity contribution is -0.281. The van der Waals surface area contributed by atoms with Gasteiger partial charge in [-0.3, -0.25) is 5.41 Å². The second kappa shape index (κ2) is 15.9. The molecule has 5 atom stereocenters.